The van der Waals surface area contributed by atoms with Gasteiger partial charge < -0.3 is 5.32 Å². The smallest absolute Gasteiger partial charge is 0.0797 e. The van der Waals surface area contributed by atoms with Crippen LogP contribution in [0.15, 0.2) is 5.51 Å². The zero-order valence-corrected chi connectivity index (χ0v) is 14.2. The summed E-state index contributed by atoms with van der Waals surface area (Å²) in [5.74, 6) is 1.44. The van der Waals surface area contributed by atoms with Crippen molar-refractivity contribution in [2.45, 2.75) is 54.4 Å². The van der Waals surface area contributed by atoms with E-state index in [9.17, 15) is 0 Å². The fourth-order valence-corrected chi connectivity index (χ4v) is 3.06. The Balaban J connectivity index is 2.48. The normalized spacial score (nSPS) is 14.1. The lowest BCUT2D eigenvalue weighted by atomic mass is 9.78. The van der Waals surface area contributed by atoms with Crippen LogP contribution in [0.3, 0.4) is 0 Å². The molecule has 1 heterocycles. The van der Waals surface area contributed by atoms with Gasteiger partial charge in [-0.05, 0) is 50.1 Å². The van der Waals surface area contributed by atoms with Gasteiger partial charge in [0.1, 0.15) is 0 Å². The van der Waals surface area contributed by atoms with E-state index in [-0.39, 0.29) is 0 Å². The molecule has 1 unspecified atom stereocenters. The Morgan fingerprint density at radius 2 is 1.95 bits per heavy atom. The molecule has 0 aliphatic rings. The van der Waals surface area contributed by atoms with Crippen molar-refractivity contribution in [1.29, 1.82) is 0 Å². The van der Waals surface area contributed by atoms with Gasteiger partial charge in [-0.3, -0.25) is 0 Å². The molecule has 3 heteroatoms. The lowest BCUT2D eigenvalue weighted by molar-refractivity contribution is 0.217. The van der Waals surface area contributed by atoms with Gasteiger partial charge in [-0.1, -0.05) is 34.6 Å². The highest BCUT2D eigenvalue weighted by Gasteiger charge is 2.24. The van der Waals surface area contributed by atoms with Crippen molar-refractivity contribution < 1.29 is 0 Å². The molecule has 1 aromatic heterocycles. The van der Waals surface area contributed by atoms with Gasteiger partial charge in [-0.2, -0.15) is 0 Å². The summed E-state index contributed by atoms with van der Waals surface area (Å²) in [7, 11) is 0. The van der Waals surface area contributed by atoms with Gasteiger partial charge in [-0.15, -0.1) is 11.3 Å². The Morgan fingerprint density at radius 1 is 1.26 bits per heavy atom. The van der Waals surface area contributed by atoms with Crippen LogP contribution >= 0.6 is 11.3 Å². The molecule has 0 aliphatic heterocycles. The Kier molecular flexibility index (Phi) is 6.48. The third kappa shape index (κ3) is 6.05. The van der Waals surface area contributed by atoms with Crippen molar-refractivity contribution >= 4 is 11.3 Å². The Labute approximate surface area is 123 Å². The monoisotopic (exact) mass is 282 g/mol. The summed E-state index contributed by atoms with van der Waals surface area (Å²) in [4.78, 5) is 5.80. The highest BCUT2D eigenvalue weighted by molar-refractivity contribution is 7.09. The van der Waals surface area contributed by atoms with Crippen LogP contribution in [-0.4, -0.2) is 18.1 Å². The topological polar surface area (TPSA) is 24.9 Å². The molecule has 110 valence electrons. The summed E-state index contributed by atoms with van der Waals surface area (Å²) < 4.78 is 0. The maximum Gasteiger partial charge on any atom is 0.0797 e. The van der Waals surface area contributed by atoms with Crippen LogP contribution in [-0.2, 0) is 6.42 Å². The van der Waals surface area contributed by atoms with Crippen molar-refractivity contribution in [1.82, 2.24) is 10.3 Å². The predicted octanol–water partition coefficient (Wildman–Crippen LogP) is 4.29. The molecule has 0 aliphatic carbocycles. The summed E-state index contributed by atoms with van der Waals surface area (Å²) >= 11 is 1.80. The highest BCUT2D eigenvalue weighted by atomic mass is 32.1. The summed E-state index contributed by atoms with van der Waals surface area (Å²) in [6, 6.07) is 0. The number of hydrogen-bond acceptors (Lipinski definition) is 3. The molecule has 0 bridgehead atoms. The maximum atomic E-state index is 4.34. The summed E-state index contributed by atoms with van der Waals surface area (Å²) in [5, 5.41) is 3.62. The molecule has 0 aromatic carbocycles. The van der Waals surface area contributed by atoms with Crippen LogP contribution in [0.2, 0.25) is 0 Å². The minimum Gasteiger partial charge on any atom is -0.316 e. The SMILES string of the molecule is Cc1ncsc1CCC(CNCC(C)C)C(C)(C)C. The van der Waals surface area contributed by atoms with Crippen LogP contribution < -0.4 is 5.32 Å². The molecule has 0 saturated carbocycles. The van der Waals surface area contributed by atoms with Crippen LogP contribution in [0.25, 0.3) is 0 Å². The first kappa shape index (κ1) is 16.6. The second kappa shape index (κ2) is 7.39. The molecule has 0 saturated heterocycles. The molecule has 1 aromatic rings. The van der Waals surface area contributed by atoms with Crippen molar-refractivity contribution in [2.75, 3.05) is 13.1 Å². The molecule has 1 N–H and O–H groups in total. The van der Waals surface area contributed by atoms with Gasteiger partial charge in [-0.25, -0.2) is 4.98 Å². The number of nitrogens with zero attached hydrogens (tertiary/aromatic N) is 1. The molecule has 1 rings (SSSR count). The van der Waals surface area contributed by atoms with E-state index in [1.165, 1.54) is 23.4 Å². The fraction of sp³-hybridized carbons (Fsp3) is 0.812. The largest absolute Gasteiger partial charge is 0.316 e. The molecule has 0 fully saturated rings. The third-order valence-corrected chi connectivity index (χ3v) is 4.73. The summed E-state index contributed by atoms with van der Waals surface area (Å²) in [6.07, 6.45) is 2.42. The van der Waals surface area contributed by atoms with E-state index in [4.69, 9.17) is 0 Å². The van der Waals surface area contributed by atoms with Gasteiger partial charge in [0, 0.05) is 4.88 Å². The van der Waals surface area contributed by atoms with E-state index in [0.29, 0.717) is 11.3 Å². The van der Waals surface area contributed by atoms with Gasteiger partial charge >= 0.3 is 0 Å². The minimum absolute atomic E-state index is 0.364. The van der Waals surface area contributed by atoms with Crippen LogP contribution in [0.1, 0.15) is 51.6 Å². The zero-order valence-electron chi connectivity index (χ0n) is 13.4. The van der Waals surface area contributed by atoms with Crippen LogP contribution in [0.4, 0.5) is 0 Å². The van der Waals surface area contributed by atoms with Crippen LogP contribution in [0.5, 0.6) is 0 Å². The summed E-state index contributed by atoms with van der Waals surface area (Å²) in [5.41, 5.74) is 3.55. The molecule has 0 spiro atoms. The first-order valence-corrected chi connectivity index (χ1v) is 8.28. The molecule has 1 atom stereocenters. The van der Waals surface area contributed by atoms with Crippen molar-refractivity contribution in [2.24, 2.45) is 17.3 Å². The van der Waals surface area contributed by atoms with Gasteiger partial charge in [0.15, 0.2) is 0 Å². The molecular formula is C16H30N2S. The fourth-order valence-electron chi connectivity index (χ4n) is 2.26. The quantitative estimate of drug-likeness (QED) is 0.807. The number of nitrogens with one attached hydrogen (secondary N) is 1. The van der Waals surface area contributed by atoms with Gasteiger partial charge in [0.2, 0.25) is 0 Å². The van der Waals surface area contributed by atoms with Gasteiger partial charge in [0.05, 0.1) is 11.2 Å². The lowest BCUT2D eigenvalue weighted by Gasteiger charge is -2.31. The Bertz CT molecular complexity index is 363. The first-order chi connectivity index (χ1) is 8.80. The van der Waals surface area contributed by atoms with Gasteiger partial charge in [0.25, 0.3) is 0 Å². The molecule has 0 amide bonds. The average Bonchev–Trinajstić information content (AvgIpc) is 2.67. The maximum absolute atomic E-state index is 4.34. The molecule has 19 heavy (non-hydrogen) atoms. The second-order valence-electron chi connectivity index (χ2n) is 7.01. The third-order valence-electron chi connectivity index (χ3n) is 3.73. The lowest BCUT2D eigenvalue weighted by Crippen LogP contribution is -2.34. The minimum atomic E-state index is 0.364. The van der Waals surface area contributed by atoms with E-state index in [1.54, 1.807) is 11.3 Å². The average molecular weight is 282 g/mol. The first-order valence-electron chi connectivity index (χ1n) is 7.40. The predicted molar refractivity (Wildman–Crippen MR) is 85.8 cm³/mol. The number of aromatic nitrogens is 1. The zero-order chi connectivity index (χ0) is 14.5. The van der Waals surface area contributed by atoms with Crippen molar-refractivity contribution in [3.05, 3.63) is 16.1 Å². The highest BCUT2D eigenvalue weighted by Crippen LogP contribution is 2.30. The molecule has 0 radical (unpaired) electrons. The number of hydrogen-bond donors (Lipinski definition) is 1. The number of rotatable bonds is 7. The summed E-state index contributed by atoms with van der Waals surface area (Å²) in [6.45, 7) is 16.0. The van der Waals surface area contributed by atoms with Crippen LogP contribution in [0, 0.1) is 24.2 Å². The van der Waals surface area contributed by atoms with E-state index >= 15 is 0 Å². The Hall–Kier alpha value is -0.410. The molecule has 2 nitrogen and oxygen atoms in total. The van der Waals surface area contributed by atoms with E-state index in [0.717, 1.165) is 19.0 Å². The van der Waals surface area contributed by atoms with E-state index < -0.39 is 0 Å². The van der Waals surface area contributed by atoms with E-state index in [1.807, 2.05) is 5.51 Å². The second-order valence-corrected chi connectivity index (χ2v) is 7.95. The van der Waals surface area contributed by atoms with Crippen molar-refractivity contribution in [3.8, 4) is 0 Å². The molecular weight excluding hydrogens is 252 g/mol. The number of aryl methyl sites for hydroxylation is 2. The van der Waals surface area contributed by atoms with E-state index in [2.05, 4.69) is 51.8 Å². The Morgan fingerprint density at radius 3 is 2.42 bits per heavy atom. The standard InChI is InChI=1S/C16H30N2S/c1-12(2)9-17-10-14(16(4,5)6)7-8-15-13(3)18-11-19-15/h11-12,14,17H,7-10H2,1-6H3. The number of thiazole rings is 1. The van der Waals surface area contributed by atoms with Crippen molar-refractivity contribution in [3.63, 3.8) is 0 Å².